The summed E-state index contributed by atoms with van der Waals surface area (Å²) < 4.78 is 27.5. The molecule has 1 aliphatic heterocycles. The van der Waals surface area contributed by atoms with Gasteiger partial charge in [-0.1, -0.05) is 11.6 Å². The fourth-order valence-electron chi connectivity index (χ4n) is 2.94. The van der Waals surface area contributed by atoms with Crippen molar-refractivity contribution < 1.29 is 28.8 Å². The Morgan fingerprint density at radius 1 is 1.11 bits per heavy atom. The van der Waals surface area contributed by atoms with Crippen LogP contribution >= 0.6 is 11.6 Å². The molecule has 1 heterocycles. The molecule has 1 fully saturated rings. The van der Waals surface area contributed by atoms with Gasteiger partial charge in [0.2, 0.25) is 0 Å². The zero-order valence-corrected chi connectivity index (χ0v) is 16.5. The number of benzene rings is 2. The van der Waals surface area contributed by atoms with Gasteiger partial charge in [-0.3, -0.25) is 0 Å². The molecular formula is C20H23ClO6. The Balaban J connectivity index is 1.67. The first kappa shape index (κ1) is 19.8. The lowest BCUT2D eigenvalue weighted by molar-refractivity contribution is -0.325. The second kappa shape index (κ2) is 7.94. The smallest absolute Gasteiger partial charge is 0.310 e. The summed E-state index contributed by atoms with van der Waals surface area (Å²) in [4.78, 5) is 0. The Bertz CT molecular complexity index is 801. The van der Waals surface area contributed by atoms with E-state index < -0.39 is 12.1 Å². The topological polar surface area (TPSA) is 66.4 Å². The SMILES string of the molecule is COc1ccc([C@]2(O)OC[C@H](COc3cc(C)c(Cl)c(C)c3)O2)cc1OC. The average Bonchev–Trinajstić information content (AvgIpc) is 3.06. The van der Waals surface area contributed by atoms with Crippen LogP contribution in [0.1, 0.15) is 16.7 Å². The van der Waals surface area contributed by atoms with Crippen LogP contribution in [-0.2, 0) is 15.4 Å². The molecule has 0 aromatic heterocycles. The molecule has 7 heteroatoms. The molecule has 2 aromatic carbocycles. The Morgan fingerprint density at radius 2 is 1.78 bits per heavy atom. The number of halogens is 1. The van der Waals surface area contributed by atoms with Crippen LogP contribution in [0.3, 0.4) is 0 Å². The normalized spacial score (nSPS) is 21.9. The highest BCUT2D eigenvalue weighted by Gasteiger charge is 2.42. The van der Waals surface area contributed by atoms with Crippen molar-refractivity contribution >= 4 is 11.6 Å². The zero-order valence-electron chi connectivity index (χ0n) is 15.7. The molecule has 0 amide bonds. The van der Waals surface area contributed by atoms with Crippen molar-refractivity contribution in [2.75, 3.05) is 27.4 Å². The second-order valence-electron chi connectivity index (χ2n) is 6.38. The monoisotopic (exact) mass is 394 g/mol. The molecule has 146 valence electrons. The molecular weight excluding hydrogens is 372 g/mol. The minimum Gasteiger partial charge on any atom is -0.493 e. The van der Waals surface area contributed by atoms with Crippen LogP contribution in [0.4, 0.5) is 0 Å². The van der Waals surface area contributed by atoms with Gasteiger partial charge in [-0.15, -0.1) is 0 Å². The van der Waals surface area contributed by atoms with E-state index in [1.165, 1.54) is 7.11 Å². The highest BCUT2D eigenvalue weighted by molar-refractivity contribution is 6.32. The lowest BCUT2D eigenvalue weighted by Crippen LogP contribution is -2.29. The summed E-state index contributed by atoms with van der Waals surface area (Å²) in [7, 11) is 3.07. The van der Waals surface area contributed by atoms with Crippen molar-refractivity contribution in [3.8, 4) is 17.2 Å². The third-order valence-corrected chi connectivity index (χ3v) is 4.98. The first-order chi connectivity index (χ1) is 12.9. The maximum Gasteiger partial charge on any atom is 0.310 e. The Hall–Kier alpha value is -1.99. The van der Waals surface area contributed by atoms with Gasteiger partial charge in [-0.05, 0) is 55.3 Å². The predicted octanol–water partition coefficient (Wildman–Crippen LogP) is 3.57. The van der Waals surface area contributed by atoms with Crippen LogP contribution in [0.2, 0.25) is 5.02 Å². The predicted molar refractivity (Wildman–Crippen MR) is 101 cm³/mol. The van der Waals surface area contributed by atoms with Crippen molar-refractivity contribution in [2.45, 2.75) is 25.9 Å². The molecule has 0 bridgehead atoms. The summed E-state index contributed by atoms with van der Waals surface area (Å²) in [5.41, 5.74) is 2.30. The lowest BCUT2D eigenvalue weighted by Gasteiger charge is -2.22. The van der Waals surface area contributed by atoms with Gasteiger partial charge in [0.05, 0.1) is 20.8 Å². The van der Waals surface area contributed by atoms with Crippen molar-refractivity contribution in [2.24, 2.45) is 0 Å². The number of aliphatic hydroxyl groups is 1. The summed E-state index contributed by atoms with van der Waals surface area (Å²) in [6.45, 7) is 4.27. The van der Waals surface area contributed by atoms with Gasteiger partial charge in [0, 0.05) is 10.6 Å². The Labute approximate surface area is 163 Å². The van der Waals surface area contributed by atoms with Gasteiger partial charge in [0.25, 0.3) is 0 Å². The quantitative estimate of drug-likeness (QED) is 0.808. The maximum absolute atomic E-state index is 10.7. The summed E-state index contributed by atoms with van der Waals surface area (Å²) in [5.74, 6) is -0.141. The molecule has 2 atom stereocenters. The van der Waals surface area contributed by atoms with Gasteiger partial charge in [-0.2, -0.15) is 0 Å². The van der Waals surface area contributed by atoms with E-state index in [9.17, 15) is 5.11 Å². The highest BCUT2D eigenvalue weighted by Crippen LogP contribution is 2.37. The molecule has 6 nitrogen and oxygen atoms in total. The minimum absolute atomic E-state index is 0.191. The van der Waals surface area contributed by atoms with E-state index in [1.54, 1.807) is 25.3 Å². The van der Waals surface area contributed by atoms with E-state index in [2.05, 4.69) is 0 Å². The fourth-order valence-corrected chi connectivity index (χ4v) is 3.05. The van der Waals surface area contributed by atoms with Crippen LogP contribution < -0.4 is 14.2 Å². The second-order valence-corrected chi connectivity index (χ2v) is 6.76. The Morgan fingerprint density at radius 3 is 2.41 bits per heavy atom. The molecule has 3 rings (SSSR count). The molecule has 1 N–H and O–H groups in total. The van der Waals surface area contributed by atoms with E-state index in [0.717, 1.165) is 16.1 Å². The van der Waals surface area contributed by atoms with Crippen LogP contribution in [0.15, 0.2) is 30.3 Å². The molecule has 0 aliphatic carbocycles. The van der Waals surface area contributed by atoms with Crippen molar-refractivity contribution in [3.05, 3.63) is 52.0 Å². The molecule has 0 saturated carbocycles. The molecule has 27 heavy (non-hydrogen) atoms. The summed E-state index contributed by atoms with van der Waals surface area (Å²) >= 11 is 6.18. The maximum atomic E-state index is 10.7. The minimum atomic E-state index is -1.86. The largest absolute Gasteiger partial charge is 0.493 e. The van der Waals surface area contributed by atoms with Crippen LogP contribution in [0, 0.1) is 13.8 Å². The van der Waals surface area contributed by atoms with Gasteiger partial charge >= 0.3 is 5.97 Å². The van der Waals surface area contributed by atoms with E-state index in [4.69, 9.17) is 35.3 Å². The summed E-state index contributed by atoms with van der Waals surface area (Å²) in [5, 5.41) is 11.5. The number of hydrogen-bond acceptors (Lipinski definition) is 6. The number of methoxy groups -OCH3 is 2. The first-order valence-electron chi connectivity index (χ1n) is 8.52. The van der Waals surface area contributed by atoms with Crippen molar-refractivity contribution in [3.63, 3.8) is 0 Å². The molecule has 0 unspecified atom stereocenters. The highest BCUT2D eigenvalue weighted by atomic mass is 35.5. The Kier molecular flexibility index (Phi) is 5.81. The number of hydrogen-bond donors (Lipinski definition) is 1. The first-order valence-corrected chi connectivity index (χ1v) is 8.90. The fraction of sp³-hybridized carbons (Fsp3) is 0.400. The molecule has 0 radical (unpaired) electrons. The molecule has 2 aromatic rings. The van der Waals surface area contributed by atoms with E-state index >= 15 is 0 Å². The third-order valence-electron chi connectivity index (χ3n) is 4.39. The summed E-state index contributed by atoms with van der Waals surface area (Å²) in [6.07, 6.45) is -0.431. The number of aryl methyl sites for hydroxylation is 2. The zero-order chi connectivity index (χ0) is 19.6. The van der Waals surface area contributed by atoms with Gasteiger partial charge in [-0.25, -0.2) is 0 Å². The van der Waals surface area contributed by atoms with Crippen LogP contribution in [0.5, 0.6) is 17.2 Å². The van der Waals surface area contributed by atoms with Gasteiger partial charge < -0.3 is 28.8 Å². The standard InChI is InChI=1S/C20H23ClO6/c1-12-7-15(8-13(2)19(12)21)25-10-16-11-26-20(22,27-16)14-5-6-17(23-3)18(9-14)24-4/h5-9,16,22H,10-11H2,1-4H3/t16-,20-/m0/s1. The van der Waals surface area contributed by atoms with E-state index in [-0.39, 0.29) is 13.2 Å². The van der Waals surface area contributed by atoms with Gasteiger partial charge in [0.15, 0.2) is 11.5 Å². The van der Waals surface area contributed by atoms with Gasteiger partial charge in [0.1, 0.15) is 18.5 Å². The molecule has 1 saturated heterocycles. The molecule has 0 spiro atoms. The van der Waals surface area contributed by atoms with Crippen molar-refractivity contribution in [1.82, 2.24) is 0 Å². The lowest BCUT2D eigenvalue weighted by atomic mass is 10.1. The van der Waals surface area contributed by atoms with Crippen LogP contribution in [-0.4, -0.2) is 38.6 Å². The van der Waals surface area contributed by atoms with E-state index in [0.29, 0.717) is 22.8 Å². The van der Waals surface area contributed by atoms with E-state index in [1.807, 2.05) is 26.0 Å². The average molecular weight is 395 g/mol. The third kappa shape index (κ3) is 4.14. The summed E-state index contributed by atoms with van der Waals surface area (Å²) in [6, 6.07) is 8.70. The van der Waals surface area contributed by atoms with Crippen molar-refractivity contribution in [1.29, 1.82) is 0 Å². The number of rotatable bonds is 6. The number of ether oxygens (including phenoxy) is 5. The molecule has 1 aliphatic rings. The van der Waals surface area contributed by atoms with Crippen LogP contribution in [0.25, 0.3) is 0 Å².